The number of carboxylic acid groups (broad SMARTS) is 1. The van der Waals surface area contributed by atoms with E-state index in [2.05, 4.69) is 95.2 Å². The molecule has 0 aromatic heterocycles. The summed E-state index contributed by atoms with van der Waals surface area (Å²) in [5.41, 5.74) is 10.8. The van der Waals surface area contributed by atoms with E-state index < -0.39 is 12.0 Å². The molecule has 0 unspecified atom stereocenters. The molecule has 1 aliphatic carbocycles. The van der Waals surface area contributed by atoms with Gasteiger partial charge in [0.2, 0.25) is 0 Å². The second kappa shape index (κ2) is 18.2. The fourth-order valence-electron chi connectivity index (χ4n) is 6.22. The van der Waals surface area contributed by atoms with Gasteiger partial charge in [-0.25, -0.2) is 0 Å². The van der Waals surface area contributed by atoms with E-state index >= 15 is 0 Å². The van der Waals surface area contributed by atoms with E-state index in [-0.39, 0.29) is 62.0 Å². The van der Waals surface area contributed by atoms with Gasteiger partial charge in [-0.3, -0.25) is 9.98 Å². The van der Waals surface area contributed by atoms with Crippen molar-refractivity contribution in [3.63, 3.8) is 0 Å². The van der Waals surface area contributed by atoms with Gasteiger partial charge in [-0.05, 0) is 79.9 Å². The van der Waals surface area contributed by atoms with Crippen LogP contribution >= 0.6 is 0 Å². The SMILES string of the molecule is CC(C)(C)c1cc(C=N[C@@H]2CCCC[C@H]2N=Cc2cc(C(C)(C)C)cc(C(C)(C)C)c2[O-])c([O-])c(C(C)(C)C)c1.N[C@H](Cc1ccccc1)C(=O)[O-].[Co+3]. The molecule has 1 saturated carbocycles. The number of carbonyl (C=O) groups is 1. The molecule has 53 heavy (non-hydrogen) atoms. The van der Waals surface area contributed by atoms with Crippen molar-refractivity contribution in [1.82, 2.24) is 0 Å². The van der Waals surface area contributed by atoms with Gasteiger partial charge in [0.15, 0.2) is 0 Å². The molecule has 8 heteroatoms. The molecule has 1 aliphatic rings. The molecule has 0 aliphatic heterocycles. The maximum atomic E-state index is 13.5. The van der Waals surface area contributed by atoms with E-state index in [1.807, 2.05) is 42.5 Å². The first kappa shape index (κ1) is 45.7. The number of nitrogens with zero attached hydrogens (tertiary/aromatic N) is 2. The summed E-state index contributed by atoms with van der Waals surface area (Å²) < 4.78 is 0. The normalized spacial score (nSPS) is 17.6. The van der Waals surface area contributed by atoms with Crippen LogP contribution in [-0.2, 0) is 49.7 Å². The summed E-state index contributed by atoms with van der Waals surface area (Å²) in [5.74, 6) is -1.09. The molecular formula is C45H62CoN3O4. The van der Waals surface area contributed by atoms with E-state index in [1.165, 1.54) is 0 Å². The number of nitrogens with two attached hydrogens (primary N) is 1. The van der Waals surface area contributed by atoms with Gasteiger partial charge in [0, 0.05) is 18.5 Å². The van der Waals surface area contributed by atoms with Crippen LogP contribution in [0.2, 0.25) is 0 Å². The maximum absolute atomic E-state index is 13.5. The fourth-order valence-corrected chi connectivity index (χ4v) is 6.22. The number of carbonyl (C=O) groups excluding carboxylic acids is 1. The van der Waals surface area contributed by atoms with Crippen molar-refractivity contribution in [3.05, 3.63) is 93.5 Å². The zero-order chi connectivity index (χ0) is 39.2. The summed E-state index contributed by atoms with van der Waals surface area (Å²) in [6.45, 7) is 25.6. The van der Waals surface area contributed by atoms with Gasteiger partial charge in [-0.1, -0.05) is 162 Å². The van der Waals surface area contributed by atoms with Crippen molar-refractivity contribution in [3.8, 4) is 11.5 Å². The van der Waals surface area contributed by atoms with Gasteiger partial charge in [-0.2, -0.15) is 0 Å². The Morgan fingerprint density at radius 1 is 0.698 bits per heavy atom. The second-order valence-corrected chi connectivity index (χ2v) is 18.5. The number of carboxylic acids is 1. The molecule has 0 radical (unpaired) electrons. The molecule has 7 nitrogen and oxygen atoms in total. The Balaban J connectivity index is 0.000000634. The van der Waals surface area contributed by atoms with Gasteiger partial charge < -0.3 is 25.8 Å². The van der Waals surface area contributed by atoms with E-state index in [9.17, 15) is 20.1 Å². The van der Waals surface area contributed by atoms with E-state index in [4.69, 9.17) is 15.7 Å². The van der Waals surface area contributed by atoms with Gasteiger partial charge in [0.05, 0.1) is 18.1 Å². The largest absolute Gasteiger partial charge is 3.00 e. The van der Waals surface area contributed by atoms with Crippen LogP contribution < -0.4 is 21.1 Å². The summed E-state index contributed by atoms with van der Waals surface area (Å²) in [6.07, 6.45) is 7.95. The number of hydrogen-bond acceptors (Lipinski definition) is 7. The Hall–Kier alpha value is -3.46. The van der Waals surface area contributed by atoms with Crippen molar-refractivity contribution in [2.45, 2.75) is 155 Å². The Kier molecular flexibility index (Phi) is 15.7. The van der Waals surface area contributed by atoms with Gasteiger partial charge in [-0.15, -0.1) is 0 Å². The Bertz CT molecular complexity index is 1620. The van der Waals surface area contributed by atoms with Crippen LogP contribution in [0.4, 0.5) is 0 Å². The molecule has 3 atom stereocenters. The summed E-state index contributed by atoms with van der Waals surface area (Å²) in [5, 5.41) is 37.2. The van der Waals surface area contributed by atoms with Crippen molar-refractivity contribution < 1.29 is 36.9 Å². The first-order chi connectivity index (χ1) is 23.9. The van der Waals surface area contributed by atoms with Crippen molar-refractivity contribution in [2.24, 2.45) is 15.7 Å². The van der Waals surface area contributed by atoms with Crippen LogP contribution in [0.5, 0.6) is 11.5 Å². The van der Waals surface area contributed by atoms with Crippen LogP contribution in [0.1, 0.15) is 148 Å². The molecule has 1 fully saturated rings. The standard InChI is InChI=1S/C36H54N2O2.C9H11NO2.Co/c1-33(2,3)25-17-23(31(39)27(19-25)35(7,8)9)21-37-29-15-13-14-16-30(29)38-22-24-18-26(34(4,5)6)20-28(32(24)40)36(10,11)12;10-8(9(11)12)6-7-4-2-1-3-5-7;/h17-22,29-30,39-40H,13-16H2,1-12H3;1-5,8H,6,10H2,(H,11,12);/q;;+3/p-3/t29-,30-;8-;/m11./s1. The van der Waals surface area contributed by atoms with Crippen LogP contribution in [0.25, 0.3) is 0 Å². The summed E-state index contributed by atoms with van der Waals surface area (Å²) >= 11 is 0. The first-order valence-electron chi connectivity index (χ1n) is 18.7. The zero-order valence-corrected chi connectivity index (χ0v) is 35.1. The van der Waals surface area contributed by atoms with Crippen LogP contribution in [0.3, 0.4) is 0 Å². The Morgan fingerprint density at radius 3 is 1.40 bits per heavy atom. The Morgan fingerprint density at radius 2 is 1.08 bits per heavy atom. The second-order valence-electron chi connectivity index (χ2n) is 18.5. The summed E-state index contributed by atoms with van der Waals surface area (Å²) in [6, 6.07) is 16.5. The number of rotatable bonds is 7. The average molecular weight is 768 g/mol. The number of aliphatic imine (C=N–C) groups is 2. The van der Waals surface area contributed by atoms with Crippen LogP contribution in [0, 0.1) is 0 Å². The topological polar surface area (TPSA) is 137 Å². The maximum Gasteiger partial charge on any atom is 3.00 e. The summed E-state index contributed by atoms with van der Waals surface area (Å²) in [7, 11) is 0. The predicted molar refractivity (Wildman–Crippen MR) is 211 cm³/mol. The monoisotopic (exact) mass is 767 g/mol. The van der Waals surface area contributed by atoms with Crippen molar-refractivity contribution >= 4 is 18.4 Å². The van der Waals surface area contributed by atoms with Crippen LogP contribution in [0.15, 0.2) is 64.6 Å². The molecule has 0 bridgehead atoms. The van der Waals surface area contributed by atoms with E-state index in [0.717, 1.165) is 53.5 Å². The van der Waals surface area contributed by atoms with Gasteiger partial charge in [0.1, 0.15) is 0 Å². The number of benzene rings is 3. The van der Waals surface area contributed by atoms with E-state index in [1.54, 1.807) is 12.4 Å². The molecule has 2 N–H and O–H groups in total. The average Bonchev–Trinajstić information content (AvgIpc) is 3.02. The van der Waals surface area contributed by atoms with Crippen molar-refractivity contribution in [1.29, 1.82) is 0 Å². The zero-order valence-electron chi connectivity index (χ0n) is 34.1. The Labute approximate surface area is 329 Å². The fraction of sp³-hybridized carbons (Fsp3) is 0.533. The molecule has 0 spiro atoms. The number of aliphatic carboxylic acids is 1. The summed E-state index contributed by atoms with van der Waals surface area (Å²) in [4.78, 5) is 20.2. The minimum absolute atomic E-state index is 0. The quantitative estimate of drug-likeness (QED) is 0.254. The van der Waals surface area contributed by atoms with E-state index in [0.29, 0.717) is 17.5 Å². The minimum Gasteiger partial charge on any atom is -0.872 e. The predicted octanol–water partition coefficient (Wildman–Crippen LogP) is 7.18. The first-order valence-corrected chi connectivity index (χ1v) is 18.7. The van der Waals surface area contributed by atoms with Gasteiger partial charge in [0.25, 0.3) is 0 Å². The van der Waals surface area contributed by atoms with Crippen molar-refractivity contribution in [2.75, 3.05) is 0 Å². The molecular weight excluding hydrogens is 705 g/mol. The smallest absolute Gasteiger partial charge is 0.872 e. The third-order valence-corrected chi connectivity index (χ3v) is 9.69. The minimum atomic E-state index is -1.21. The van der Waals surface area contributed by atoms with Gasteiger partial charge >= 0.3 is 16.8 Å². The molecule has 0 heterocycles. The third-order valence-electron chi connectivity index (χ3n) is 9.69. The third kappa shape index (κ3) is 13.1. The molecule has 0 amide bonds. The molecule has 290 valence electrons. The number of hydrogen-bond donors (Lipinski definition) is 1. The molecule has 0 saturated heterocycles. The molecule has 3 aromatic carbocycles. The molecule has 4 rings (SSSR count). The van der Waals surface area contributed by atoms with Crippen LogP contribution in [-0.4, -0.2) is 36.5 Å². The molecule has 3 aromatic rings.